The van der Waals surface area contributed by atoms with Gasteiger partial charge in [-0.05, 0) is 25.9 Å². The second-order valence-electron chi connectivity index (χ2n) is 5.34. The summed E-state index contributed by atoms with van der Waals surface area (Å²) in [7, 11) is -2.02. The number of amides is 1. The molecule has 0 aliphatic carbocycles. The maximum absolute atomic E-state index is 11.8. The summed E-state index contributed by atoms with van der Waals surface area (Å²) in [6, 6.07) is 0. The molecule has 23 heavy (non-hydrogen) atoms. The molecular weight excluding hydrogens is 358 g/mol. The average Bonchev–Trinajstić information content (AvgIpc) is 3.09. The van der Waals surface area contributed by atoms with Gasteiger partial charge >= 0.3 is 0 Å². The fourth-order valence-corrected chi connectivity index (χ4v) is 4.26. The summed E-state index contributed by atoms with van der Waals surface area (Å²) in [6.07, 6.45) is 3.61. The minimum atomic E-state index is -3.37. The van der Waals surface area contributed by atoms with E-state index in [1.54, 1.807) is 11.8 Å². The molecule has 1 N–H and O–H groups in total. The summed E-state index contributed by atoms with van der Waals surface area (Å²) in [5.41, 5.74) is 0. The Hall–Kier alpha value is -0.750. The van der Waals surface area contributed by atoms with Crippen LogP contribution in [0.3, 0.4) is 0 Å². The lowest BCUT2D eigenvalue weighted by molar-refractivity contribution is -0.116. The van der Waals surface area contributed by atoms with E-state index < -0.39 is 15.9 Å². The predicted molar refractivity (Wildman–Crippen MR) is 92.4 cm³/mol. The molecule has 1 aromatic heterocycles. The first-order valence-electron chi connectivity index (χ1n) is 7.24. The van der Waals surface area contributed by atoms with E-state index in [0.717, 1.165) is 27.2 Å². The largest absolute Gasteiger partial charge is 0.303 e. The van der Waals surface area contributed by atoms with Crippen molar-refractivity contribution in [2.45, 2.75) is 17.2 Å². The maximum atomic E-state index is 11.8. The van der Waals surface area contributed by atoms with Crippen LogP contribution in [-0.2, 0) is 14.8 Å². The number of nitrogens with zero attached hydrogens (tertiary/aromatic N) is 4. The highest BCUT2D eigenvalue weighted by atomic mass is 32.2. The van der Waals surface area contributed by atoms with Gasteiger partial charge in [0.15, 0.2) is 4.34 Å². The normalized spacial score (nSPS) is 16.1. The summed E-state index contributed by atoms with van der Waals surface area (Å²) in [5.74, 6) is 0.516. The average molecular weight is 380 g/mol. The molecule has 130 valence electrons. The number of rotatable bonds is 8. The van der Waals surface area contributed by atoms with Crippen LogP contribution in [0.5, 0.6) is 0 Å². The fraction of sp³-hybridized carbons (Fsp3) is 0.750. The Labute approximate surface area is 144 Å². The van der Waals surface area contributed by atoms with Gasteiger partial charge in [-0.15, -0.1) is 10.2 Å². The van der Waals surface area contributed by atoms with Crippen molar-refractivity contribution in [1.82, 2.24) is 19.4 Å². The number of nitrogens with one attached hydrogen (secondary N) is 1. The van der Waals surface area contributed by atoms with E-state index in [-0.39, 0.29) is 6.54 Å². The second-order valence-corrected chi connectivity index (χ2v) is 9.75. The summed E-state index contributed by atoms with van der Waals surface area (Å²) >= 11 is 2.92. The van der Waals surface area contributed by atoms with Crippen LogP contribution in [-0.4, -0.2) is 79.0 Å². The minimum Gasteiger partial charge on any atom is -0.303 e. The number of likely N-dealkylation sites (tertiary alicyclic amines) is 1. The Balaban J connectivity index is 1.74. The molecule has 0 saturated carbocycles. The fourth-order valence-electron chi connectivity index (χ4n) is 2.07. The lowest BCUT2D eigenvalue weighted by Gasteiger charge is -2.12. The zero-order valence-corrected chi connectivity index (χ0v) is 15.6. The van der Waals surface area contributed by atoms with Crippen molar-refractivity contribution in [3.05, 3.63) is 0 Å². The topological polar surface area (TPSA) is 95.5 Å². The van der Waals surface area contributed by atoms with E-state index in [2.05, 4.69) is 20.4 Å². The molecular formula is C12H21N5O3S3. The molecule has 2 rings (SSSR count). The molecule has 0 spiro atoms. The maximum Gasteiger partial charge on any atom is 0.241 e. The van der Waals surface area contributed by atoms with Crippen LogP contribution in [0.25, 0.3) is 0 Å². The number of hydrogen-bond acceptors (Lipinski definition) is 8. The van der Waals surface area contributed by atoms with Crippen LogP contribution in [0.2, 0.25) is 0 Å². The van der Waals surface area contributed by atoms with E-state index >= 15 is 0 Å². The molecule has 0 atom stereocenters. The van der Waals surface area contributed by atoms with Crippen LogP contribution in [0, 0.1) is 0 Å². The van der Waals surface area contributed by atoms with Gasteiger partial charge in [0.1, 0.15) is 0 Å². The standard InChI is InChI=1S/C12H21N5O3S3/c1-16(23(2,19)20)9-10(18)13-11-14-15-12(22-11)21-8-7-17-5-3-4-6-17/h3-9H2,1-2H3,(H,13,14,18). The predicted octanol–water partition coefficient (Wildman–Crippen LogP) is 0.556. The lowest BCUT2D eigenvalue weighted by atomic mass is 10.4. The van der Waals surface area contributed by atoms with E-state index in [1.165, 1.54) is 44.3 Å². The Bertz CT molecular complexity index is 628. The quantitative estimate of drug-likeness (QED) is 0.521. The number of aromatic nitrogens is 2. The van der Waals surface area contributed by atoms with E-state index in [4.69, 9.17) is 0 Å². The third-order valence-electron chi connectivity index (χ3n) is 3.42. The van der Waals surface area contributed by atoms with Crippen LogP contribution in [0.4, 0.5) is 5.13 Å². The first-order valence-corrected chi connectivity index (χ1v) is 10.9. The van der Waals surface area contributed by atoms with Crippen LogP contribution >= 0.6 is 23.1 Å². The first-order chi connectivity index (χ1) is 10.8. The molecule has 11 heteroatoms. The zero-order chi connectivity index (χ0) is 16.9. The van der Waals surface area contributed by atoms with Crippen molar-refractivity contribution in [2.24, 2.45) is 0 Å². The van der Waals surface area contributed by atoms with Gasteiger partial charge in [-0.3, -0.25) is 10.1 Å². The van der Waals surface area contributed by atoms with Crippen molar-refractivity contribution >= 4 is 44.2 Å². The number of carbonyl (C=O) groups excluding carboxylic acids is 1. The van der Waals surface area contributed by atoms with Crippen LogP contribution < -0.4 is 5.32 Å². The van der Waals surface area contributed by atoms with Gasteiger partial charge in [0.2, 0.25) is 21.1 Å². The molecule has 1 fully saturated rings. The highest BCUT2D eigenvalue weighted by molar-refractivity contribution is 8.01. The molecule has 1 saturated heterocycles. The molecule has 1 aromatic rings. The van der Waals surface area contributed by atoms with Crippen molar-refractivity contribution in [1.29, 1.82) is 0 Å². The number of carbonyl (C=O) groups is 1. The van der Waals surface area contributed by atoms with Crippen molar-refractivity contribution in [3.63, 3.8) is 0 Å². The summed E-state index contributed by atoms with van der Waals surface area (Å²) < 4.78 is 24.3. The highest BCUT2D eigenvalue weighted by Crippen LogP contribution is 2.25. The number of anilines is 1. The third-order valence-corrected chi connectivity index (χ3v) is 6.63. The Morgan fingerprint density at radius 1 is 1.39 bits per heavy atom. The zero-order valence-electron chi connectivity index (χ0n) is 13.2. The molecule has 1 amide bonds. The molecule has 0 bridgehead atoms. The van der Waals surface area contributed by atoms with Crippen LogP contribution in [0.1, 0.15) is 12.8 Å². The van der Waals surface area contributed by atoms with Gasteiger partial charge in [-0.1, -0.05) is 23.1 Å². The smallest absolute Gasteiger partial charge is 0.241 e. The number of sulfonamides is 1. The minimum absolute atomic E-state index is 0.240. The lowest BCUT2D eigenvalue weighted by Crippen LogP contribution is -2.34. The Kier molecular flexibility index (Phi) is 6.77. The van der Waals surface area contributed by atoms with E-state index in [0.29, 0.717) is 5.13 Å². The van der Waals surface area contributed by atoms with Gasteiger partial charge in [0.05, 0.1) is 12.8 Å². The Morgan fingerprint density at radius 3 is 2.74 bits per heavy atom. The van der Waals surface area contributed by atoms with Crippen molar-refractivity contribution in [2.75, 3.05) is 50.6 Å². The molecule has 1 aliphatic heterocycles. The molecule has 0 unspecified atom stereocenters. The number of hydrogen-bond donors (Lipinski definition) is 1. The van der Waals surface area contributed by atoms with Gasteiger partial charge in [0, 0.05) is 19.3 Å². The molecule has 8 nitrogen and oxygen atoms in total. The number of thioether (sulfide) groups is 1. The molecule has 0 aromatic carbocycles. The second kappa shape index (κ2) is 8.38. The van der Waals surface area contributed by atoms with Gasteiger partial charge < -0.3 is 4.90 Å². The Morgan fingerprint density at radius 2 is 2.09 bits per heavy atom. The monoisotopic (exact) mass is 379 g/mol. The van der Waals surface area contributed by atoms with Gasteiger partial charge in [0.25, 0.3) is 0 Å². The highest BCUT2D eigenvalue weighted by Gasteiger charge is 2.17. The van der Waals surface area contributed by atoms with Gasteiger partial charge in [-0.2, -0.15) is 4.31 Å². The summed E-state index contributed by atoms with van der Waals surface area (Å²) in [5, 5.41) is 10.9. The molecule has 2 heterocycles. The van der Waals surface area contributed by atoms with E-state index in [1.807, 2.05) is 0 Å². The van der Waals surface area contributed by atoms with Crippen molar-refractivity contribution in [3.8, 4) is 0 Å². The van der Waals surface area contributed by atoms with E-state index in [9.17, 15) is 13.2 Å². The van der Waals surface area contributed by atoms with Crippen molar-refractivity contribution < 1.29 is 13.2 Å². The summed E-state index contributed by atoms with van der Waals surface area (Å²) in [4.78, 5) is 14.2. The van der Waals surface area contributed by atoms with Crippen LogP contribution in [0.15, 0.2) is 4.34 Å². The molecule has 1 aliphatic rings. The SMILES string of the molecule is CN(CC(=O)Nc1nnc(SCCN2CCCC2)s1)S(C)(=O)=O. The summed E-state index contributed by atoms with van der Waals surface area (Å²) in [6.45, 7) is 3.14. The number of likely N-dealkylation sites (N-methyl/N-ethyl adjacent to an activating group) is 1. The molecule has 0 radical (unpaired) electrons. The van der Waals surface area contributed by atoms with Gasteiger partial charge in [-0.25, -0.2) is 8.42 Å². The first kappa shape index (κ1) is 18.6. The third kappa shape index (κ3) is 6.34.